The van der Waals surface area contributed by atoms with Gasteiger partial charge in [-0.3, -0.25) is 9.59 Å². The number of benzene rings is 2. The predicted molar refractivity (Wildman–Crippen MR) is 93.5 cm³/mol. The first kappa shape index (κ1) is 18.1. The summed E-state index contributed by atoms with van der Waals surface area (Å²) >= 11 is 12.0. The van der Waals surface area contributed by atoms with Crippen LogP contribution in [0.5, 0.6) is 5.75 Å². The van der Waals surface area contributed by atoms with E-state index in [0.29, 0.717) is 10.0 Å². The zero-order valence-electron chi connectivity index (χ0n) is 12.9. The van der Waals surface area contributed by atoms with Gasteiger partial charge in [-0.2, -0.15) is 0 Å². The molecule has 2 aromatic carbocycles. The molecule has 2 aromatic rings. The van der Waals surface area contributed by atoms with E-state index in [1.807, 2.05) is 0 Å². The maximum atomic E-state index is 12.0. The fourth-order valence-electron chi connectivity index (χ4n) is 2.15. The summed E-state index contributed by atoms with van der Waals surface area (Å²) in [7, 11) is 0. The van der Waals surface area contributed by atoms with E-state index in [9.17, 15) is 9.59 Å². The number of nitrogens with one attached hydrogen (secondary N) is 1. The summed E-state index contributed by atoms with van der Waals surface area (Å²) in [6.07, 6.45) is 0. The van der Waals surface area contributed by atoms with Crippen molar-refractivity contribution in [2.24, 2.45) is 5.73 Å². The average molecular weight is 367 g/mol. The van der Waals surface area contributed by atoms with E-state index >= 15 is 0 Å². The molecule has 0 saturated heterocycles. The second-order valence-corrected chi connectivity index (χ2v) is 5.95. The maximum Gasteiger partial charge on any atom is 0.258 e. The Morgan fingerprint density at radius 1 is 1.21 bits per heavy atom. The van der Waals surface area contributed by atoms with Gasteiger partial charge >= 0.3 is 0 Å². The molecule has 0 fully saturated rings. The van der Waals surface area contributed by atoms with Crippen LogP contribution in [0, 0.1) is 0 Å². The topological polar surface area (TPSA) is 81.4 Å². The smallest absolute Gasteiger partial charge is 0.258 e. The summed E-state index contributed by atoms with van der Waals surface area (Å²) in [4.78, 5) is 23.3. The molecule has 2 rings (SSSR count). The molecule has 1 atom stereocenters. The van der Waals surface area contributed by atoms with Gasteiger partial charge in [0.15, 0.2) is 6.61 Å². The molecular formula is C17H16Cl2N2O3. The van der Waals surface area contributed by atoms with Crippen LogP contribution in [0.1, 0.15) is 28.9 Å². The third-order valence-corrected chi connectivity index (χ3v) is 3.88. The van der Waals surface area contributed by atoms with Gasteiger partial charge < -0.3 is 15.8 Å². The number of amides is 2. The molecule has 0 radical (unpaired) electrons. The Hall–Kier alpha value is -2.24. The van der Waals surface area contributed by atoms with Gasteiger partial charge in [0.05, 0.1) is 11.6 Å². The zero-order chi connectivity index (χ0) is 17.7. The molecule has 0 heterocycles. The van der Waals surface area contributed by atoms with Gasteiger partial charge in [-0.05, 0) is 36.8 Å². The molecule has 2 amide bonds. The Morgan fingerprint density at radius 2 is 1.92 bits per heavy atom. The molecule has 0 aliphatic carbocycles. The molecule has 7 heteroatoms. The number of primary amides is 1. The molecule has 0 saturated carbocycles. The van der Waals surface area contributed by atoms with Crippen molar-refractivity contribution in [1.29, 1.82) is 0 Å². The van der Waals surface area contributed by atoms with Crippen LogP contribution in [0.25, 0.3) is 0 Å². The lowest BCUT2D eigenvalue weighted by atomic mass is 10.1. The van der Waals surface area contributed by atoms with Gasteiger partial charge in [-0.25, -0.2) is 0 Å². The van der Waals surface area contributed by atoms with E-state index in [1.165, 1.54) is 6.07 Å². The van der Waals surface area contributed by atoms with Gasteiger partial charge in [-0.15, -0.1) is 0 Å². The van der Waals surface area contributed by atoms with E-state index < -0.39 is 5.91 Å². The molecule has 0 spiro atoms. The number of carbonyl (C=O) groups excluding carboxylic acids is 2. The van der Waals surface area contributed by atoms with Crippen LogP contribution >= 0.6 is 23.2 Å². The summed E-state index contributed by atoms with van der Waals surface area (Å²) in [5.41, 5.74) is 6.23. The average Bonchev–Trinajstić information content (AvgIpc) is 2.52. The van der Waals surface area contributed by atoms with Crippen LogP contribution in [0.3, 0.4) is 0 Å². The minimum atomic E-state index is -0.618. The highest BCUT2D eigenvalue weighted by Gasteiger charge is 2.15. The highest BCUT2D eigenvalue weighted by atomic mass is 35.5. The number of rotatable bonds is 6. The van der Waals surface area contributed by atoms with Crippen LogP contribution < -0.4 is 15.8 Å². The SMILES string of the molecule is CC(NC(=O)COc1ccccc1C(N)=O)c1ccc(Cl)cc1Cl. The molecule has 1 unspecified atom stereocenters. The van der Waals surface area contributed by atoms with Crippen molar-refractivity contribution in [2.45, 2.75) is 13.0 Å². The number of carbonyl (C=O) groups is 2. The lowest BCUT2D eigenvalue weighted by Gasteiger charge is -2.16. The molecule has 126 valence electrons. The van der Waals surface area contributed by atoms with Crippen LogP contribution in [-0.4, -0.2) is 18.4 Å². The summed E-state index contributed by atoms with van der Waals surface area (Å²) in [6, 6.07) is 11.2. The summed E-state index contributed by atoms with van der Waals surface area (Å²) < 4.78 is 5.38. The van der Waals surface area contributed by atoms with Crippen molar-refractivity contribution in [3.63, 3.8) is 0 Å². The van der Waals surface area contributed by atoms with Crippen molar-refractivity contribution >= 4 is 35.0 Å². The Kier molecular flexibility index (Phi) is 6.06. The van der Waals surface area contributed by atoms with Crippen molar-refractivity contribution in [2.75, 3.05) is 6.61 Å². The molecule has 24 heavy (non-hydrogen) atoms. The van der Waals surface area contributed by atoms with Crippen molar-refractivity contribution in [3.05, 3.63) is 63.6 Å². The van der Waals surface area contributed by atoms with E-state index in [4.69, 9.17) is 33.7 Å². The van der Waals surface area contributed by atoms with Crippen molar-refractivity contribution in [1.82, 2.24) is 5.32 Å². The quantitative estimate of drug-likeness (QED) is 0.822. The van der Waals surface area contributed by atoms with Crippen LogP contribution in [-0.2, 0) is 4.79 Å². The number of hydrogen-bond acceptors (Lipinski definition) is 3. The normalized spacial score (nSPS) is 11.6. The van der Waals surface area contributed by atoms with Crippen LogP contribution in [0.15, 0.2) is 42.5 Å². The van der Waals surface area contributed by atoms with Gasteiger partial charge in [-0.1, -0.05) is 41.4 Å². The summed E-state index contributed by atoms with van der Waals surface area (Å²) in [5.74, 6) is -0.711. The fourth-order valence-corrected chi connectivity index (χ4v) is 2.73. The second kappa shape index (κ2) is 8.04. The highest BCUT2D eigenvalue weighted by molar-refractivity contribution is 6.35. The Balaban J connectivity index is 1.97. The number of nitrogens with two attached hydrogens (primary N) is 1. The zero-order valence-corrected chi connectivity index (χ0v) is 14.4. The Bertz CT molecular complexity index is 765. The number of hydrogen-bond donors (Lipinski definition) is 2. The van der Waals surface area contributed by atoms with Gasteiger partial charge in [0, 0.05) is 10.0 Å². The first-order valence-corrected chi connectivity index (χ1v) is 7.90. The Morgan fingerprint density at radius 3 is 2.58 bits per heavy atom. The Labute approximate surface area is 149 Å². The highest BCUT2D eigenvalue weighted by Crippen LogP contribution is 2.26. The minimum Gasteiger partial charge on any atom is -0.483 e. The maximum absolute atomic E-state index is 12.0. The van der Waals surface area contributed by atoms with E-state index in [2.05, 4.69) is 5.32 Å². The molecule has 0 aromatic heterocycles. The first-order chi connectivity index (χ1) is 11.4. The molecular weight excluding hydrogens is 351 g/mol. The predicted octanol–water partition coefficient (Wildman–Crippen LogP) is 3.35. The molecule has 0 bridgehead atoms. The van der Waals surface area contributed by atoms with Gasteiger partial charge in [0.2, 0.25) is 0 Å². The van der Waals surface area contributed by atoms with Crippen molar-refractivity contribution < 1.29 is 14.3 Å². The number of para-hydroxylation sites is 1. The number of ether oxygens (including phenoxy) is 1. The van der Waals surface area contributed by atoms with Gasteiger partial charge in [0.25, 0.3) is 11.8 Å². The molecule has 5 nitrogen and oxygen atoms in total. The number of halogens is 2. The summed E-state index contributed by atoms with van der Waals surface area (Å²) in [5, 5.41) is 3.76. The van der Waals surface area contributed by atoms with E-state index in [0.717, 1.165) is 5.56 Å². The lowest BCUT2D eigenvalue weighted by Crippen LogP contribution is -2.31. The van der Waals surface area contributed by atoms with Crippen LogP contribution in [0.2, 0.25) is 10.0 Å². The van der Waals surface area contributed by atoms with E-state index in [-0.39, 0.29) is 29.9 Å². The summed E-state index contributed by atoms with van der Waals surface area (Å²) in [6.45, 7) is 1.55. The van der Waals surface area contributed by atoms with E-state index in [1.54, 1.807) is 43.3 Å². The lowest BCUT2D eigenvalue weighted by molar-refractivity contribution is -0.123. The minimum absolute atomic E-state index is 0.221. The van der Waals surface area contributed by atoms with Crippen molar-refractivity contribution in [3.8, 4) is 5.75 Å². The second-order valence-electron chi connectivity index (χ2n) is 5.10. The monoisotopic (exact) mass is 366 g/mol. The molecule has 3 N–H and O–H groups in total. The fraction of sp³-hybridized carbons (Fsp3) is 0.176. The molecule has 0 aliphatic heterocycles. The van der Waals surface area contributed by atoms with Crippen LogP contribution in [0.4, 0.5) is 0 Å². The third-order valence-electron chi connectivity index (χ3n) is 3.32. The first-order valence-electron chi connectivity index (χ1n) is 7.14. The standard InChI is InChI=1S/C17H16Cl2N2O3/c1-10(12-7-6-11(18)8-14(12)19)21-16(22)9-24-15-5-3-2-4-13(15)17(20)23/h2-8,10H,9H2,1H3,(H2,20,23)(H,21,22). The third kappa shape index (κ3) is 4.63. The largest absolute Gasteiger partial charge is 0.483 e. The molecule has 0 aliphatic rings. The van der Waals surface area contributed by atoms with Gasteiger partial charge in [0.1, 0.15) is 5.75 Å².